The van der Waals surface area contributed by atoms with Crippen molar-refractivity contribution < 1.29 is 4.79 Å². The molecule has 2 heterocycles. The van der Waals surface area contributed by atoms with Crippen molar-refractivity contribution in [1.82, 2.24) is 19.7 Å². The van der Waals surface area contributed by atoms with Crippen LogP contribution in [0.25, 0.3) is 0 Å². The van der Waals surface area contributed by atoms with Gasteiger partial charge >= 0.3 is 0 Å². The lowest BCUT2D eigenvalue weighted by atomic mass is 10.1. The number of halogens is 1. The number of carbonyl (C=O) groups excluding carboxylic acids is 1. The number of Topliss-reactive ketones (excluding diaryl/α,β-unsaturated/α-hetero) is 1. The number of nitrogens with zero attached hydrogens (tertiary/aromatic N) is 4. The van der Waals surface area contributed by atoms with Crippen LogP contribution in [-0.4, -0.2) is 25.5 Å². The quantitative estimate of drug-likeness (QED) is 0.777. The summed E-state index contributed by atoms with van der Waals surface area (Å²) in [6.07, 6.45) is 3.08. The second kappa shape index (κ2) is 4.63. The molecule has 0 atom stereocenters. The Morgan fingerprint density at radius 3 is 2.82 bits per heavy atom. The third-order valence-corrected chi connectivity index (χ3v) is 2.95. The van der Waals surface area contributed by atoms with Crippen molar-refractivity contribution in [3.63, 3.8) is 0 Å². The second-order valence-corrected chi connectivity index (χ2v) is 4.04. The maximum absolute atomic E-state index is 11.9. The van der Waals surface area contributed by atoms with E-state index in [0.717, 1.165) is 5.69 Å². The van der Waals surface area contributed by atoms with E-state index in [1.54, 1.807) is 24.7 Å². The third kappa shape index (κ3) is 2.34. The van der Waals surface area contributed by atoms with Crippen LogP contribution in [-0.2, 0) is 13.5 Å². The molecule has 0 radical (unpaired) electrons. The van der Waals surface area contributed by atoms with E-state index in [9.17, 15) is 4.79 Å². The summed E-state index contributed by atoms with van der Waals surface area (Å²) in [6, 6.07) is 1.58. The fourth-order valence-electron chi connectivity index (χ4n) is 1.57. The highest BCUT2D eigenvalue weighted by atomic mass is 35.5. The van der Waals surface area contributed by atoms with Gasteiger partial charge in [-0.2, -0.15) is 5.10 Å². The molecule has 88 valence electrons. The van der Waals surface area contributed by atoms with E-state index in [-0.39, 0.29) is 12.2 Å². The van der Waals surface area contributed by atoms with Crippen molar-refractivity contribution >= 4 is 17.4 Å². The number of hydrogen-bond acceptors (Lipinski definition) is 4. The largest absolute Gasteiger partial charge is 0.292 e. The monoisotopic (exact) mass is 250 g/mol. The highest BCUT2D eigenvalue weighted by Gasteiger charge is 2.16. The van der Waals surface area contributed by atoms with E-state index in [1.807, 2.05) is 0 Å². The lowest BCUT2D eigenvalue weighted by molar-refractivity contribution is 0.0986. The fraction of sp³-hybridized carbons (Fsp3) is 0.273. The number of carbonyl (C=O) groups is 1. The van der Waals surface area contributed by atoms with Crippen LogP contribution in [0.2, 0.25) is 5.02 Å². The van der Waals surface area contributed by atoms with Gasteiger partial charge < -0.3 is 0 Å². The van der Waals surface area contributed by atoms with Crippen LogP contribution in [0.3, 0.4) is 0 Å². The van der Waals surface area contributed by atoms with E-state index in [2.05, 4.69) is 15.1 Å². The summed E-state index contributed by atoms with van der Waals surface area (Å²) in [5, 5.41) is 4.69. The molecule has 2 aromatic heterocycles. The first kappa shape index (κ1) is 11.7. The number of ketones is 1. The van der Waals surface area contributed by atoms with E-state index in [1.165, 1.54) is 12.5 Å². The Morgan fingerprint density at radius 1 is 1.53 bits per heavy atom. The molecule has 17 heavy (non-hydrogen) atoms. The van der Waals surface area contributed by atoms with Gasteiger partial charge in [-0.15, -0.1) is 0 Å². The molecule has 0 saturated carbocycles. The van der Waals surface area contributed by atoms with E-state index in [0.29, 0.717) is 16.4 Å². The molecule has 0 saturated heterocycles. The molecule has 0 fully saturated rings. The Labute approximate surface area is 103 Å². The fourth-order valence-corrected chi connectivity index (χ4v) is 1.80. The molecule has 0 N–H and O–H groups in total. The zero-order valence-electron chi connectivity index (χ0n) is 9.51. The first-order valence-corrected chi connectivity index (χ1v) is 5.44. The topological polar surface area (TPSA) is 60.7 Å². The minimum Gasteiger partial charge on any atom is -0.292 e. The maximum Gasteiger partial charge on any atom is 0.187 e. The highest BCUT2D eigenvalue weighted by Crippen LogP contribution is 2.20. The lowest BCUT2D eigenvalue weighted by Gasteiger charge is -2.01. The predicted molar refractivity (Wildman–Crippen MR) is 63.0 cm³/mol. The van der Waals surface area contributed by atoms with Crippen LogP contribution in [0.1, 0.15) is 21.9 Å². The summed E-state index contributed by atoms with van der Waals surface area (Å²) in [5.41, 5.74) is 1.81. The van der Waals surface area contributed by atoms with Gasteiger partial charge in [-0.1, -0.05) is 11.6 Å². The molecular formula is C11H11ClN4O. The normalized spacial score (nSPS) is 10.5. The molecule has 5 nitrogen and oxygen atoms in total. The van der Waals surface area contributed by atoms with Gasteiger partial charge in [0.25, 0.3) is 0 Å². The summed E-state index contributed by atoms with van der Waals surface area (Å²) in [7, 11) is 1.77. The predicted octanol–water partition coefficient (Wildman–Crippen LogP) is 1.60. The van der Waals surface area contributed by atoms with Crippen LogP contribution >= 0.6 is 11.6 Å². The minimum absolute atomic E-state index is 0.0997. The molecule has 0 aliphatic heterocycles. The summed E-state index contributed by atoms with van der Waals surface area (Å²) >= 11 is 6.08. The number of aryl methyl sites for hydroxylation is 2. The van der Waals surface area contributed by atoms with Crippen molar-refractivity contribution in [3.8, 4) is 0 Å². The molecule has 0 aliphatic rings. The summed E-state index contributed by atoms with van der Waals surface area (Å²) in [6.45, 7) is 1.81. The zero-order chi connectivity index (χ0) is 12.4. The van der Waals surface area contributed by atoms with Crippen LogP contribution in [0.4, 0.5) is 0 Å². The van der Waals surface area contributed by atoms with E-state index < -0.39 is 0 Å². The van der Waals surface area contributed by atoms with Gasteiger partial charge in [0.15, 0.2) is 5.78 Å². The van der Waals surface area contributed by atoms with Gasteiger partial charge in [-0.05, 0) is 13.0 Å². The Bertz CT molecular complexity index is 550. The molecule has 0 aliphatic carbocycles. The summed E-state index contributed by atoms with van der Waals surface area (Å²) < 4.78 is 1.62. The van der Waals surface area contributed by atoms with Gasteiger partial charge in [0.05, 0.1) is 22.8 Å². The van der Waals surface area contributed by atoms with E-state index >= 15 is 0 Å². The summed E-state index contributed by atoms with van der Waals surface area (Å²) in [5.74, 6) is -0.0997. The molecule has 0 bridgehead atoms. The number of hydrogen-bond donors (Lipinski definition) is 0. The van der Waals surface area contributed by atoms with Gasteiger partial charge in [-0.3, -0.25) is 9.48 Å². The SMILES string of the molecule is Cc1nn(C)c(CC(=O)c2ccncn2)c1Cl. The van der Waals surface area contributed by atoms with Crippen molar-refractivity contribution in [2.24, 2.45) is 7.05 Å². The first-order valence-electron chi connectivity index (χ1n) is 5.06. The van der Waals surface area contributed by atoms with Crippen molar-refractivity contribution in [1.29, 1.82) is 0 Å². The lowest BCUT2D eigenvalue weighted by Crippen LogP contribution is -2.09. The van der Waals surface area contributed by atoms with Crippen LogP contribution < -0.4 is 0 Å². The second-order valence-electron chi connectivity index (χ2n) is 3.66. The van der Waals surface area contributed by atoms with Crippen LogP contribution in [0.15, 0.2) is 18.6 Å². The smallest absolute Gasteiger partial charge is 0.187 e. The highest BCUT2D eigenvalue weighted by molar-refractivity contribution is 6.32. The summed E-state index contributed by atoms with van der Waals surface area (Å²) in [4.78, 5) is 19.6. The molecule has 2 rings (SSSR count). The van der Waals surface area contributed by atoms with Crippen LogP contribution in [0.5, 0.6) is 0 Å². The van der Waals surface area contributed by atoms with Crippen molar-refractivity contribution in [2.45, 2.75) is 13.3 Å². The molecule has 0 aromatic carbocycles. The van der Waals surface area contributed by atoms with Gasteiger partial charge in [0.2, 0.25) is 0 Å². The molecule has 6 heteroatoms. The van der Waals surface area contributed by atoms with Gasteiger partial charge in [-0.25, -0.2) is 9.97 Å². The zero-order valence-corrected chi connectivity index (χ0v) is 10.3. The first-order chi connectivity index (χ1) is 8.09. The number of rotatable bonds is 3. The Balaban J connectivity index is 2.25. The molecule has 0 spiro atoms. The average molecular weight is 251 g/mol. The van der Waals surface area contributed by atoms with Crippen LogP contribution in [0, 0.1) is 6.92 Å². The van der Waals surface area contributed by atoms with E-state index in [4.69, 9.17) is 11.6 Å². The van der Waals surface area contributed by atoms with Gasteiger partial charge in [0.1, 0.15) is 12.0 Å². The molecule has 0 amide bonds. The minimum atomic E-state index is -0.0997. The Kier molecular flexibility index (Phi) is 3.19. The average Bonchev–Trinajstić information content (AvgIpc) is 2.57. The molecular weight excluding hydrogens is 240 g/mol. The Hall–Kier alpha value is -1.75. The third-order valence-electron chi connectivity index (χ3n) is 2.46. The van der Waals surface area contributed by atoms with Gasteiger partial charge in [0, 0.05) is 13.2 Å². The standard InChI is InChI=1S/C11H11ClN4O/c1-7-11(12)9(16(2)15-7)5-10(17)8-3-4-13-6-14-8/h3-4,6H,5H2,1-2H3. The molecule has 2 aromatic rings. The maximum atomic E-state index is 11.9. The van der Waals surface area contributed by atoms with Crippen molar-refractivity contribution in [2.75, 3.05) is 0 Å². The molecule has 0 unspecified atom stereocenters. The van der Waals surface area contributed by atoms with Crippen molar-refractivity contribution in [3.05, 3.63) is 40.7 Å². The number of aromatic nitrogens is 4. The Morgan fingerprint density at radius 2 is 2.29 bits per heavy atom.